The molecule has 4 nitrogen and oxygen atoms in total. The molecular weight excluding hydrogens is 256 g/mol. The lowest BCUT2D eigenvalue weighted by atomic mass is 9.97. The van der Waals surface area contributed by atoms with Crippen molar-refractivity contribution in [3.8, 4) is 5.75 Å². The molecule has 0 aliphatic rings. The van der Waals surface area contributed by atoms with E-state index >= 15 is 0 Å². The number of carboxylic acid groups (broad SMARTS) is 1. The van der Waals surface area contributed by atoms with Crippen LogP contribution >= 0.6 is 11.6 Å². The first-order valence-corrected chi connectivity index (χ1v) is 5.90. The van der Waals surface area contributed by atoms with Crippen molar-refractivity contribution in [1.29, 1.82) is 0 Å². The number of rotatable bonds is 6. The number of carbonyl (C=O) groups excluding carboxylic acids is 1. The summed E-state index contributed by atoms with van der Waals surface area (Å²) in [5, 5.41) is 9.00. The predicted octanol–water partition coefficient (Wildman–Crippen LogP) is 3.03. The summed E-state index contributed by atoms with van der Waals surface area (Å²) in [4.78, 5) is 22.4. The Kier molecular flexibility index (Phi) is 5.16. The maximum atomic E-state index is 11.9. The maximum absolute atomic E-state index is 11.9. The molecule has 0 aromatic heterocycles. The Morgan fingerprint density at radius 2 is 2.06 bits per heavy atom. The lowest BCUT2D eigenvalue weighted by Crippen LogP contribution is -2.10. The lowest BCUT2D eigenvalue weighted by Gasteiger charge is -2.09. The van der Waals surface area contributed by atoms with Gasteiger partial charge in [-0.2, -0.15) is 0 Å². The number of methoxy groups -OCH3 is 1. The number of carboxylic acids is 1. The number of carbonyl (C=O) groups is 2. The largest absolute Gasteiger partial charge is 0.495 e. The second kappa shape index (κ2) is 6.40. The summed E-state index contributed by atoms with van der Waals surface area (Å²) >= 11 is 5.92. The summed E-state index contributed by atoms with van der Waals surface area (Å²) in [6.45, 7) is 1.73. The van der Waals surface area contributed by atoms with Crippen LogP contribution in [0.2, 0.25) is 5.02 Å². The smallest absolute Gasteiger partial charge is 0.303 e. The first-order chi connectivity index (χ1) is 8.43. The molecule has 0 aliphatic heterocycles. The molecule has 0 fully saturated rings. The molecule has 0 bridgehead atoms. The van der Waals surface area contributed by atoms with Crippen LogP contribution in [0.3, 0.4) is 0 Å². The fraction of sp³-hybridized carbons (Fsp3) is 0.385. The Morgan fingerprint density at radius 1 is 1.39 bits per heavy atom. The number of aliphatic carboxylic acids is 1. The van der Waals surface area contributed by atoms with Gasteiger partial charge in [0.2, 0.25) is 0 Å². The second-order valence-electron chi connectivity index (χ2n) is 4.18. The van der Waals surface area contributed by atoms with E-state index < -0.39 is 5.97 Å². The van der Waals surface area contributed by atoms with Gasteiger partial charge in [0.05, 0.1) is 12.1 Å². The number of ether oxygens (including phenoxy) is 1. The second-order valence-corrected chi connectivity index (χ2v) is 4.59. The van der Waals surface area contributed by atoms with Crippen LogP contribution in [0.15, 0.2) is 18.2 Å². The molecule has 98 valence electrons. The molecule has 1 aromatic carbocycles. The zero-order chi connectivity index (χ0) is 13.7. The minimum absolute atomic E-state index is 0.0182. The zero-order valence-corrected chi connectivity index (χ0v) is 11.0. The van der Waals surface area contributed by atoms with Crippen molar-refractivity contribution >= 4 is 23.4 Å². The molecule has 0 aliphatic carbocycles. The molecule has 1 atom stereocenters. The fourth-order valence-corrected chi connectivity index (χ4v) is 1.90. The first kappa shape index (κ1) is 14.5. The number of Topliss-reactive ketones (excluding diaryl/α,β-unsaturated/α-hetero) is 1. The number of ketones is 1. The Morgan fingerprint density at radius 3 is 2.56 bits per heavy atom. The van der Waals surface area contributed by atoms with Crippen molar-refractivity contribution in [2.24, 2.45) is 5.92 Å². The van der Waals surface area contributed by atoms with E-state index in [0.717, 1.165) is 0 Å². The molecule has 0 amide bonds. The van der Waals surface area contributed by atoms with Crippen LogP contribution in [0.1, 0.15) is 30.1 Å². The molecule has 0 heterocycles. The molecule has 0 radical (unpaired) electrons. The van der Waals surface area contributed by atoms with Gasteiger partial charge in [0.25, 0.3) is 0 Å². The van der Waals surface area contributed by atoms with Gasteiger partial charge >= 0.3 is 5.97 Å². The SMILES string of the molecule is COc1ccc(C(=O)CC(C)CC(=O)O)cc1Cl. The number of hydrogen-bond acceptors (Lipinski definition) is 3. The number of halogens is 1. The molecule has 5 heteroatoms. The summed E-state index contributed by atoms with van der Waals surface area (Å²) in [5.74, 6) is -0.709. The van der Waals surface area contributed by atoms with Gasteiger partial charge in [-0.05, 0) is 24.1 Å². The molecule has 1 aromatic rings. The van der Waals surface area contributed by atoms with E-state index in [4.69, 9.17) is 21.4 Å². The van der Waals surface area contributed by atoms with E-state index in [1.807, 2.05) is 0 Å². The van der Waals surface area contributed by atoms with Crippen molar-refractivity contribution in [3.05, 3.63) is 28.8 Å². The quantitative estimate of drug-likeness (QED) is 0.807. The van der Waals surface area contributed by atoms with Gasteiger partial charge in [-0.25, -0.2) is 0 Å². The van der Waals surface area contributed by atoms with Gasteiger partial charge in [-0.1, -0.05) is 18.5 Å². The summed E-state index contributed by atoms with van der Waals surface area (Å²) in [5.41, 5.74) is 0.470. The summed E-state index contributed by atoms with van der Waals surface area (Å²) in [6, 6.07) is 4.79. The molecule has 0 spiro atoms. The van der Waals surface area contributed by atoms with E-state index in [1.54, 1.807) is 19.1 Å². The molecule has 0 saturated heterocycles. The highest BCUT2D eigenvalue weighted by molar-refractivity contribution is 6.32. The Hall–Kier alpha value is -1.55. The molecule has 1 rings (SSSR count). The van der Waals surface area contributed by atoms with Crippen molar-refractivity contribution in [3.63, 3.8) is 0 Å². The van der Waals surface area contributed by atoms with E-state index in [9.17, 15) is 9.59 Å². The van der Waals surface area contributed by atoms with Gasteiger partial charge in [-0.15, -0.1) is 0 Å². The van der Waals surface area contributed by atoms with E-state index in [0.29, 0.717) is 16.3 Å². The van der Waals surface area contributed by atoms with Gasteiger partial charge in [0.1, 0.15) is 5.75 Å². The Balaban J connectivity index is 2.72. The average Bonchev–Trinajstić information content (AvgIpc) is 2.27. The highest BCUT2D eigenvalue weighted by atomic mass is 35.5. The normalized spacial score (nSPS) is 11.9. The van der Waals surface area contributed by atoms with E-state index in [1.165, 1.54) is 13.2 Å². The van der Waals surface area contributed by atoms with Crippen LogP contribution < -0.4 is 4.74 Å². The van der Waals surface area contributed by atoms with Crippen LogP contribution in [0.25, 0.3) is 0 Å². The first-order valence-electron chi connectivity index (χ1n) is 5.52. The summed E-state index contributed by atoms with van der Waals surface area (Å²) < 4.78 is 4.99. The van der Waals surface area contributed by atoms with Crippen LogP contribution in [0.4, 0.5) is 0 Å². The Labute approximate surface area is 111 Å². The van der Waals surface area contributed by atoms with Crippen molar-refractivity contribution < 1.29 is 19.4 Å². The zero-order valence-electron chi connectivity index (χ0n) is 10.3. The van der Waals surface area contributed by atoms with Crippen LogP contribution in [-0.4, -0.2) is 24.0 Å². The minimum atomic E-state index is -0.900. The van der Waals surface area contributed by atoms with Gasteiger partial charge in [0.15, 0.2) is 5.78 Å². The van der Waals surface area contributed by atoms with Gasteiger partial charge < -0.3 is 9.84 Å². The Bertz CT molecular complexity index is 456. The summed E-state index contributed by atoms with van der Waals surface area (Å²) in [7, 11) is 1.50. The van der Waals surface area contributed by atoms with Crippen LogP contribution in [-0.2, 0) is 4.79 Å². The predicted molar refractivity (Wildman–Crippen MR) is 68.4 cm³/mol. The van der Waals surface area contributed by atoms with E-state index in [2.05, 4.69) is 0 Å². The highest BCUT2D eigenvalue weighted by Gasteiger charge is 2.15. The standard InChI is InChI=1S/C13H15ClO4/c1-8(6-13(16)17)5-11(15)9-3-4-12(18-2)10(14)7-9/h3-4,7-8H,5-6H2,1-2H3,(H,16,17). The van der Waals surface area contributed by atoms with Crippen molar-refractivity contribution in [1.82, 2.24) is 0 Å². The fourth-order valence-electron chi connectivity index (χ4n) is 1.64. The molecular formula is C13H15ClO4. The average molecular weight is 271 g/mol. The van der Waals surface area contributed by atoms with Gasteiger partial charge in [0, 0.05) is 18.4 Å². The monoisotopic (exact) mass is 270 g/mol. The molecule has 1 unspecified atom stereocenters. The third-order valence-electron chi connectivity index (χ3n) is 2.53. The highest BCUT2D eigenvalue weighted by Crippen LogP contribution is 2.26. The van der Waals surface area contributed by atoms with E-state index in [-0.39, 0.29) is 24.5 Å². The molecule has 1 N–H and O–H groups in total. The van der Waals surface area contributed by atoms with Crippen LogP contribution in [0.5, 0.6) is 5.75 Å². The number of hydrogen-bond donors (Lipinski definition) is 1. The van der Waals surface area contributed by atoms with Crippen LogP contribution in [0, 0.1) is 5.92 Å². The summed E-state index contributed by atoms with van der Waals surface area (Å²) in [6.07, 6.45) is 0.171. The topological polar surface area (TPSA) is 63.6 Å². The molecule has 18 heavy (non-hydrogen) atoms. The third-order valence-corrected chi connectivity index (χ3v) is 2.83. The molecule has 0 saturated carbocycles. The van der Waals surface area contributed by atoms with Crippen molar-refractivity contribution in [2.75, 3.05) is 7.11 Å². The van der Waals surface area contributed by atoms with Crippen molar-refractivity contribution in [2.45, 2.75) is 19.8 Å². The number of benzene rings is 1. The van der Waals surface area contributed by atoms with Gasteiger partial charge in [-0.3, -0.25) is 9.59 Å². The third kappa shape index (κ3) is 4.04. The minimum Gasteiger partial charge on any atom is -0.495 e. The maximum Gasteiger partial charge on any atom is 0.303 e. The lowest BCUT2D eigenvalue weighted by molar-refractivity contribution is -0.137.